The van der Waals surface area contributed by atoms with Gasteiger partial charge in [-0.25, -0.2) is 0 Å². The van der Waals surface area contributed by atoms with Crippen molar-refractivity contribution in [3.63, 3.8) is 0 Å². The Bertz CT molecular complexity index is 706. The average Bonchev–Trinajstić information content (AvgIpc) is 3.21. The molecule has 1 aromatic carbocycles. The van der Waals surface area contributed by atoms with E-state index in [1.54, 1.807) is 19.2 Å². The van der Waals surface area contributed by atoms with Gasteiger partial charge in [-0.05, 0) is 43.4 Å². The van der Waals surface area contributed by atoms with E-state index in [1.807, 2.05) is 17.0 Å². The van der Waals surface area contributed by atoms with Crippen molar-refractivity contribution in [3.8, 4) is 0 Å². The SMILES string of the molecule is COC1CCN(S(=O)(=O)NCc2ccc(C(=O)N3CCCC3)cc2)CC1. The summed E-state index contributed by atoms with van der Waals surface area (Å²) in [5.74, 6) is 0.0515. The normalized spacial score (nSPS) is 19.8. The average molecular weight is 381 g/mol. The van der Waals surface area contributed by atoms with Gasteiger partial charge in [0.2, 0.25) is 0 Å². The second kappa shape index (κ2) is 8.47. The van der Waals surface area contributed by atoms with Crippen molar-refractivity contribution in [2.24, 2.45) is 0 Å². The molecule has 0 saturated carbocycles. The molecule has 2 saturated heterocycles. The summed E-state index contributed by atoms with van der Waals surface area (Å²) in [6.07, 6.45) is 3.69. The summed E-state index contributed by atoms with van der Waals surface area (Å²) in [6, 6.07) is 7.16. The fourth-order valence-corrected chi connectivity index (χ4v) is 4.67. The number of benzene rings is 1. The molecule has 144 valence electrons. The number of piperidine rings is 1. The highest BCUT2D eigenvalue weighted by Gasteiger charge is 2.27. The number of carbonyl (C=O) groups excluding carboxylic acids is 1. The molecule has 0 bridgehead atoms. The van der Waals surface area contributed by atoms with Crippen molar-refractivity contribution in [1.29, 1.82) is 0 Å². The van der Waals surface area contributed by atoms with E-state index in [9.17, 15) is 13.2 Å². The zero-order valence-electron chi connectivity index (χ0n) is 15.2. The highest BCUT2D eigenvalue weighted by atomic mass is 32.2. The zero-order valence-corrected chi connectivity index (χ0v) is 16.0. The molecule has 0 aromatic heterocycles. The van der Waals surface area contributed by atoms with E-state index in [0.29, 0.717) is 31.5 Å². The minimum atomic E-state index is -3.50. The largest absolute Gasteiger partial charge is 0.381 e. The second-order valence-electron chi connectivity index (χ2n) is 6.86. The first-order chi connectivity index (χ1) is 12.5. The Hall–Kier alpha value is -1.48. The topological polar surface area (TPSA) is 79.0 Å². The van der Waals surface area contributed by atoms with E-state index in [0.717, 1.165) is 31.5 Å². The van der Waals surface area contributed by atoms with Gasteiger partial charge < -0.3 is 9.64 Å². The highest BCUT2D eigenvalue weighted by Crippen LogP contribution is 2.16. The number of rotatable bonds is 6. The number of hydrogen-bond acceptors (Lipinski definition) is 4. The zero-order chi connectivity index (χ0) is 18.6. The lowest BCUT2D eigenvalue weighted by atomic mass is 10.1. The molecule has 1 aromatic rings. The molecule has 2 aliphatic rings. The first kappa shape index (κ1) is 19.3. The highest BCUT2D eigenvalue weighted by molar-refractivity contribution is 7.87. The van der Waals surface area contributed by atoms with Crippen LogP contribution in [0.2, 0.25) is 0 Å². The van der Waals surface area contributed by atoms with Gasteiger partial charge in [-0.2, -0.15) is 17.4 Å². The first-order valence-electron chi connectivity index (χ1n) is 9.15. The van der Waals surface area contributed by atoms with Crippen LogP contribution in [-0.2, 0) is 21.5 Å². The van der Waals surface area contributed by atoms with Crippen LogP contribution in [0.25, 0.3) is 0 Å². The maximum atomic E-state index is 12.4. The van der Waals surface area contributed by atoms with Crippen molar-refractivity contribution in [2.45, 2.75) is 38.3 Å². The molecule has 0 atom stereocenters. The summed E-state index contributed by atoms with van der Waals surface area (Å²) >= 11 is 0. The van der Waals surface area contributed by atoms with E-state index in [2.05, 4.69) is 4.72 Å². The standard InChI is InChI=1S/C18H27N3O4S/c1-25-17-8-12-21(13-9-17)26(23,24)19-14-15-4-6-16(7-5-15)18(22)20-10-2-3-11-20/h4-7,17,19H,2-3,8-14H2,1H3. The van der Waals surface area contributed by atoms with Crippen molar-refractivity contribution in [3.05, 3.63) is 35.4 Å². The van der Waals surface area contributed by atoms with Crippen LogP contribution in [0, 0.1) is 0 Å². The predicted molar refractivity (Wildman–Crippen MR) is 98.9 cm³/mol. The molecule has 2 fully saturated rings. The number of likely N-dealkylation sites (tertiary alicyclic amines) is 1. The van der Waals surface area contributed by atoms with Gasteiger partial charge in [-0.1, -0.05) is 12.1 Å². The number of nitrogens with one attached hydrogen (secondary N) is 1. The minimum absolute atomic E-state index is 0.0515. The molecular formula is C18H27N3O4S. The lowest BCUT2D eigenvalue weighted by Gasteiger charge is -2.30. The summed E-state index contributed by atoms with van der Waals surface area (Å²) in [6.45, 7) is 2.79. The summed E-state index contributed by atoms with van der Waals surface area (Å²) < 4.78 is 34.2. The number of ether oxygens (including phenoxy) is 1. The summed E-state index contributed by atoms with van der Waals surface area (Å²) in [5, 5.41) is 0. The first-order valence-corrected chi connectivity index (χ1v) is 10.6. The molecule has 3 rings (SSSR count). The summed E-state index contributed by atoms with van der Waals surface area (Å²) in [5.41, 5.74) is 1.48. The third-order valence-corrected chi connectivity index (χ3v) is 6.68. The number of nitrogens with zero attached hydrogens (tertiary/aromatic N) is 2. The third kappa shape index (κ3) is 4.62. The molecule has 0 radical (unpaired) electrons. The Morgan fingerprint density at radius 2 is 1.73 bits per heavy atom. The Morgan fingerprint density at radius 1 is 1.12 bits per heavy atom. The van der Waals surface area contributed by atoms with E-state index in [1.165, 1.54) is 4.31 Å². The molecule has 2 aliphatic heterocycles. The van der Waals surface area contributed by atoms with Crippen molar-refractivity contribution in [2.75, 3.05) is 33.3 Å². The van der Waals surface area contributed by atoms with Gasteiger partial charge in [0, 0.05) is 45.4 Å². The van der Waals surface area contributed by atoms with Gasteiger partial charge in [0.15, 0.2) is 0 Å². The Morgan fingerprint density at radius 3 is 2.31 bits per heavy atom. The quantitative estimate of drug-likeness (QED) is 0.807. The second-order valence-corrected chi connectivity index (χ2v) is 8.61. The molecule has 26 heavy (non-hydrogen) atoms. The van der Waals surface area contributed by atoms with Gasteiger partial charge in [-0.15, -0.1) is 0 Å². The molecule has 1 amide bonds. The van der Waals surface area contributed by atoms with Gasteiger partial charge in [0.25, 0.3) is 16.1 Å². The van der Waals surface area contributed by atoms with E-state index in [4.69, 9.17) is 4.74 Å². The maximum absolute atomic E-state index is 12.4. The molecule has 7 nitrogen and oxygen atoms in total. The lowest BCUT2D eigenvalue weighted by Crippen LogP contribution is -2.46. The molecule has 8 heteroatoms. The van der Waals surface area contributed by atoms with Gasteiger partial charge in [0.1, 0.15) is 0 Å². The van der Waals surface area contributed by atoms with Gasteiger partial charge in [-0.3, -0.25) is 4.79 Å². The molecule has 2 heterocycles. The molecule has 1 N–H and O–H groups in total. The Labute approximate surface area is 155 Å². The van der Waals surface area contributed by atoms with Crippen LogP contribution in [0.3, 0.4) is 0 Å². The number of amides is 1. The van der Waals surface area contributed by atoms with Crippen LogP contribution in [0.5, 0.6) is 0 Å². The van der Waals surface area contributed by atoms with Gasteiger partial charge >= 0.3 is 0 Å². The van der Waals surface area contributed by atoms with E-state index in [-0.39, 0.29) is 18.6 Å². The van der Waals surface area contributed by atoms with Gasteiger partial charge in [0.05, 0.1) is 6.10 Å². The fourth-order valence-electron chi connectivity index (χ4n) is 3.44. The Balaban J connectivity index is 1.53. The number of hydrogen-bond donors (Lipinski definition) is 1. The van der Waals surface area contributed by atoms with Crippen LogP contribution in [0.1, 0.15) is 41.6 Å². The minimum Gasteiger partial charge on any atom is -0.381 e. The van der Waals surface area contributed by atoms with Crippen LogP contribution >= 0.6 is 0 Å². The number of carbonyl (C=O) groups is 1. The van der Waals surface area contributed by atoms with Crippen molar-refractivity contribution < 1.29 is 17.9 Å². The number of methoxy groups -OCH3 is 1. The van der Waals surface area contributed by atoms with Crippen molar-refractivity contribution in [1.82, 2.24) is 13.9 Å². The molecule has 0 aliphatic carbocycles. The monoisotopic (exact) mass is 381 g/mol. The molecule has 0 spiro atoms. The molecule has 0 unspecified atom stereocenters. The maximum Gasteiger partial charge on any atom is 0.279 e. The van der Waals surface area contributed by atoms with Crippen molar-refractivity contribution >= 4 is 16.1 Å². The van der Waals surface area contributed by atoms with Crippen LogP contribution in [-0.4, -0.2) is 62.9 Å². The van der Waals surface area contributed by atoms with E-state index < -0.39 is 10.2 Å². The Kier molecular flexibility index (Phi) is 6.29. The van der Waals surface area contributed by atoms with Crippen LogP contribution < -0.4 is 4.72 Å². The lowest BCUT2D eigenvalue weighted by molar-refractivity contribution is 0.0602. The molecular weight excluding hydrogens is 354 g/mol. The summed E-state index contributed by atoms with van der Waals surface area (Å²) in [7, 11) is -1.84. The predicted octanol–water partition coefficient (Wildman–Crippen LogP) is 1.37. The summed E-state index contributed by atoms with van der Waals surface area (Å²) in [4.78, 5) is 14.2. The van der Waals surface area contributed by atoms with Crippen LogP contribution in [0.15, 0.2) is 24.3 Å². The third-order valence-electron chi connectivity index (χ3n) is 5.13. The van der Waals surface area contributed by atoms with E-state index >= 15 is 0 Å². The smallest absolute Gasteiger partial charge is 0.279 e. The fraction of sp³-hybridized carbons (Fsp3) is 0.611. The van der Waals surface area contributed by atoms with Crippen LogP contribution in [0.4, 0.5) is 0 Å².